The van der Waals surface area contributed by atoms with Gasteiger partial charge in [0.25, 0.3) is 5.91 Å². The number of aryl methyl sites for hydroxylation is 1. The Bertz CT molecular complexity index is 2840. The molecule has 37 heteroatoms. The Labute approximate surface area is 626 Å². The topological polar surface area (TPSA) is 642 Å². The Morgan fingerprint density at radius 2 is 0.762 bits per heavy atom. The summed E-state index contributed by atoms with van der Waals surface area (Å²) in [6.45, 7) is 11.0. The number of carbonyl (C=O) groups is 5. The molecule has 0 saturated carbocycles. The lowest BCUT2D eigenvalue weighted by Gasteiger charge is -2.28. The second kappa shape index (κ2) is 57.9. The van der Waals surface area contributed by atoms with Gasteiger partial charge in [-0.25, -0.2) is 9.97 Å². The van der Waals surface area contributed by atoms with Gasteiger partial charge in [0, 0.05) is 72.0 Å². The molecule has 35 N–H and O–H groups in total. The first kappa shape index (κ1) is 92.7. The minimum absolute atomic E-state index is 0.0520. The summed E-state index contributed by atoms with van der Waals surface area (Å²) in [6, 6.07) is 5.48. The third kappa shape index (κ3) is 48.4. The van der Waals surface area contributed by atoms with Gasteiger partial charge in [0.1, 0.15) is 12.4 Å². The zero-order valence-corrected chi connectivity index (χ0v) is 62.9. The summed E-state index contributed by atoms with van der Waals surface area (Å²) in [7, 11) is 0. The minimum atomic E-state index is -0.710. The molecule has 0 aliphatic rings. The summed E-state index contributed by atoms with van der Waals surface area (Å²) in [5.41, 5.74) is 87.1. The summed E-state index contributed by atoms with van der Waals surface area (Å²) in [5, 5.41) is 14.4. The largest absolute Gasteiger partial charge is 0.492 e. The van der Waals surface area contributed by atoms with Crippen molar-refractivity contribution >= 4 is 82.6 Å². The SMILES string of the molecule is NC(N)=NCCCCC[C@H](N)C(=O)NCCCCN(CCCN(CCCN(CCCNC(=O)[C@@H](N)CCCCCN=C(N)N)CCCNC(=O)[C@@H](N)CCCCCN=C(N)N)CCOc1ccc(CCCCN=C(N)NC(=O)c2nc(Cl)c(N)nc2N)cc1)CCNC(=O)[C@@H](N)CCCCCN=C(N)N. The fourth-order valence-electron chi connectivity index (χ4n) is 11.1. The highest BCUT2D eigenvalue weighted by Gasteiger charge is 2.20. The van der Waals surface area contributed by atoms with Crippen molar-refractivity contribution in [2.75, 3.05) is 136 Å². The second-order valence-corrected chi connectivity index (χ2v) is 26.5. The Kier molecular flexibility index (Phi) is 51.1. The van der Waals surface area contributed by atoms with Gasteiger partial charge >= 0.3 is 0 Å². The van der Waals surface area contributed by atoms with Crippen LogP contribution in [-0.4, -0.2) is 233 Å². The van der Waals surface area contributed by atoms with Gasteiger partial charge in [-0.1, -0.05) is 75.1 Å². The van der Waals surface area contributed by atoms with Crippen molar-refractivity contribution in [3.8, 4) is 5.75 Å². The number of amides is 5. The van der Waals surface area contributed by atoms with Crippen LogP contribution >= 0.6 is 11.6 Å². The van der Waals surface area contributed by atoms with E-state index in [0.29, 0.717) is 137 Å². The standard InChI is InChI=1S/C68H131ClN30O6/c69-56-58(75)95-57(74)55(94-56)63(104)96-68(84)93-35-14-9-21-49-26-28-50(29-27-49)105-48-47-99(44-19-42-97(40-17-36-86-60(101)52(71)23-6-2-11-32-90-65(78)79)41-18-37-87-61(102)53(72)24-7-3-12-33-91-66(80)81)45-20-43-98(46-38-88-62(103)54(73)25-8-4-13-34-92-67(82)83)39-16-15-30-85-59(100)51(70)22-5-1-10-31-89-64(76)77/h26-29,51-54H,1-25,30-48,70-73H2,(H,85,100)(H,86,101)(H,87,102)(H,88,103)(H4,74,75,95)(H4,76,77,89)(H4,78,79,90)(H4,80,81,91)(H4,82,83,92)(H3,84,93,96,104)/t51-,52-,53-,54-/m0/s1. The zero-order chi connectivity index (χ0) is 77.4. The van der Waals surface area contributed by atoms with Crippen molar-refractivity contribution in [3.05, 3.63) is 40.7 Å². The highest BCUT2D eigenvalue weighted by Crippen LogP contribution is 2.18. The van der Waals surface area contributed by atoms with E-state index in [9.17, 15) is 24.0 Å². The van der Waals surface area contributed by atoms with Gasteiger partial charge in [0.15, 0.2) is 52.3 Å². The normalized spacial score (nSPS) is 12.6. The monoisotopic (exact) mass is 1500 g/mol. The molecule has 0 spiro atoms. The van der Waals surface area contributed by atoms with Crippen LogP contribution in [0.1, 0.15) is 170 Å². The maximum atomic E-state index is 13.2. The highest BCUT2D eigenvalue weighted by atomic mass is 35.5. The average Bonchev–Trinajstić information content (AvgIpc) is 0.837. The molecule has 1 aromatic heterocycles. The van der Waals surface area contributed by atoms with Crippen LogP contribution in [0.5, 0.6) is 5.75 Å². The van der Waals surface area contributed by atoms with Crippen LogP contribution < -0.4 is 117 Å². The number of nitrogens with zero attached hydrogens (tertiary/aromatic N) is 10. The summed E-state index contributed by atoms with van der Waals surface area (Å²) in [5.74, 6) is -0.910. The maximum Gasteiger partial charge on any atom is 0.280 e. The van der Waals surface area contributed by atoms with Crippen molar-refractivity contribution in [1.82, 2.24) is 51.3 Å². The Morgan fingerprint density at radius 3 is 1.19 bits per heavy atom. The van der Waals surface area contributed by atoms with E-state index in [1.54, 1.807) is 0 Å². The van der Waals surface area contributed by atoms with Gasteiger partial charge in [-0.3, -0.25) is 59.2 Å². The molecule has 2 aromatic rings. The maximum absolute atomic E-state index is 13.2. The van der Waals surface area contributed by atoms with E-state index >= 15 is 0 Å². The Morgan fingerprint density at radius 1 is 0.400 bits per heavy atom. The Hall–Kier alpha value is -8.39. The minimum Gasteiger partial charge on any atom is -0.492 e. The van der Waals surface area contributed by atoms with Gasteiger partial charge in [0.2, 0.25) is 23.6 Å². The summed E-state index contributed by atoms with van der Waals surface area (Å²) in [6.07, 6.45) is 18.6. The molecule has 36 nitrogen and oxygen atoms in total. The number of benzene rings is 1. The molecule has 4 atom stereocenters. The lowest BCUT2D eigenvalue weighted by Crippen LogP contribution is -2.44. The van der Waals surface area contributed by atoms with Gasteiger partial charge in [0.05, 0.1) is 24.2 Å². The number of anilines is 2. The molecule has 596 valence electrons. The lowest BCUT2D eigenvalue weighted by molar-refractivity contribution is -0.123. The molecule has 0 unspecified atom stereocenters. The summed E-state index contributed by atoms with van der Waals surface area (Å²) in [4.78, 5) is 100. The molecule has 0 radical (unpaired) electrons. The van der Waals surface area contributed by atoms with Crippen LogP contribution in [0.15, 0.2) is 49.2 Å². The van der Waals surface area contributed by atoms with Gasteiger partial charge < -0.3 is 122 Å². The number of nitrogen functional groups attached to an aromatic ring is 2. The van der Waals surface area contributed by atoms with Crippen molar-refractivity contribution < 1.29 is 28.7 Å². The molecule has 2 rings (SSSR count). The predicted molar refractivity (Wildman–Crippen MR) is 422 cm³/mol. The van der Waals surface area contributed by atoms with Crippen molar-refractivity contribution in [2.45, 2.75) is 185 Å². The average molecular weight is 1500 g/mol. The summed E-state index contributed by atoms with van der Waals surface area (Å²) < 4.78 is 6.40. The van der Waals surface area contributed by atoms with Crippen molar-refractivity contribution in [2.24, 2.45) is 99.5 Å². The number of hydrogen-bond acceptors (Lipinski definition) is 22. The first-order chi connectivity index (χ1) is 50.3. The molecular weight excluding hydrogens is 1370 g/mol. The number of ether oxygens (including phenoxy) is 1. The molecule has 0 aliphatic heterocycles. The zero-order valence-electron chi connectivity index (χ0n) is 62.2. The van der Waals surface area contributed by atoms with Crippen molar-refractivity contribution in [3.63, 3.8) is 0 Å². The number of hydrogen-bond donors (Lipinski definition) is 20. The molecular formula is C68H131ClN30O6. The number of unbranched alkanes of at least 4 members (excludes halogenated alkanes) is 10. The summed E-state index contributed by atoms with van der Waals surface area (Å²) >= 11 is 5.93. The fraction of sp³-hybridized carbons (Fsp3) is 0.706. The van der Waals surface area contributed by atoms with Crippen LogP contribution in [0.4, 0.5) is 11.6 Å². The van der Waals surface area contributed by atoms with Gasteiger partial charge in [-0.15, -0.1) is 0 Å². The Balaban J connectivity index is 2.26. The highest BCUT2D eigenvalue weighted by molar-refractivity contribution is 6.31. The van der Waals surface area contributed by atoms with E-state index in [2.05, 4.69) is 76.2 Å². The van der Waals surface area contributed by atoms with Crippen LogP contribution in [0.25, 0.3) is 0 Å². The van der Waals surface area contributed by atoms with Crippen LogP contribution in [0.3, 0.4) is 0 Å². The number of guanidine groups is 5. The second-order valence-electron chi connectivity index (χ2n) is 26.2. The molecule has 0 saturated heterocycles. The van der Waals surface area contributed by atoms with Gasteiger partial charge in [-0.05, 0) is 173 Å². The van der Waals surface area contributed by atoms with Crippen molar-refractivity contribution in [1.29, 1.82) is 0 Å². The van der Waals surface area contributed by atoms with E-state index in [4.69, 9.17) is 102 Å². The van der Waals surface area contributed by atoms with Crippen LogP contribution in [0.2, 0.25) is 5.15 Å². The molecule has 0 fully saturated rings. The molecule has 105 heavy (non-hydrogen) atoms. The number of aliphatic imine (C=N–C) groups is 5. The molecule has 0 bridgehead atoms. The number of nitrogens with two attached hydrogens (primary N) is 15. The van der Waals surface area contributed by atoms with E-state index < -0.39 is 30.1 Å². The number of halogens is 1. The smallest absolute Gasteiger partial charge is 0.280 e. The van der Waals surface area contributed by atoms with E-state index in [1.165, 1.54) is 0 Å². The fourth-order valence-corrected chi connectivity index (χ4v) is 11.2. The molecule has 5 amide bonds. The van der Waals surface area contributed by atoms with E-state index in [1.807, 2.05) is 24.3 Å². The predicted octanol–water partition coefficient (Wildman–Crippen LogP) is -1.90. The number of rotatable bonds is 62. The molecule has 1 heterocycles. The third-order valence-electron chi connectivity index (χ3n) is 17.1. The molecule has 1 aromatic carbocycles. The third-order valence-corrected chi connectivity index (χ3v) is 17.3. The first-order valence-electron chi connectivity index (χ1n) is 37.3. The lowest BCUT2D eigenvalue weighted by atomic mass is 10.1. The molecule has 0 aliphatic carbocycles. The van der Waals surface area contributed by atoms with Crippen LogP contribution in [0, 0.1) is 0 Å². The quantitative estimate of drug-likeness (QED) is 0.0195. The number of aromatic nitrogens is 2. The van der Waals surface area contributed by atoms with Crippen LogP contribution in [-0.2, 0) is 25.6 Å². The van der Waals surface area contributed by atoms with E-state index in [0.717, 1.165) is 160 Å². The first-order valence-corrected chi connectivity index (χ1v) is 37.7. The number of nitrogens with one attached hydrogen (secondary N) is 5. The number of carbonyl (C=O) groups excluding carboxylic acids is 5. The van der Waals surface area contributed by atoms with E-state index in [-0.39, 0.29) is 75.9 Å². The van der Waals surface area contributed by atoms with Gasteiger partial charge in [-0.2, -0.15) is 0 Å².